The molecule has 0 heterocycles. The fraction of sp³-hybridized carbons (Fsp3) is 0.200. The van der Waals surface area contributed by atoms with Crippen molar-refractivity contribution in [3.05, 3.63) is 28.8 Å². The Balaban J connectivity index is 2.89. The van der Waals surface area contributed by atoms with E-state index in [1.807, 2.05) is 0 Å². The van der Waals surface area contributed by atoms with Crippen molar-refractivity contribution in [2.45, 2.75) is 6.42 Å². The molecule has 0 aliphatic carbocycles. The van der Waals surface area contributed by atoms with Crippen LogP contribution in [0, 0.1) is 11.8 Å². The molecule has 0 atom stereocenters. The Hall–Kier alpha value is -0.840. The largest absolute Gasteiger partial charge is 0.508 e. The van der Waals surface area contributed by atoms with Crippen LogP contribution in [0.25, 0.3) is 0 Å². The summed E-state index contributed by atoms with van der Waals surface area (Å²) in [7, 11) is 0. The molecule has 0 saturated heterocycles. The number of phenolic OH excluding ortho intramolecular Hbond substituents is 1. The molecule has 1 aromatic carbocycles. The van der Waals surface area contributed by atoms with Crippen LogP contribution in [-0.4, -0.2) is 11.0 Å². The number of aromatic hydroxyl groups is 1. The molecule has 1 aromatic rings. The van der Waals surface area contributed by atoms with Gasteiger partial charge < -0.3 is 5.11 Å². The first-order valence-corrected chi connectivity index (χ1v) is 4.68. The molecule has 1 N–H and O–H groups in total. The van der Waals surface area contributed by atoms with E-state index in [0.29, 0.717) is 22.9 Å². The molecule has 68 valence electrons. The van der Waals surface area contributed by atoms with Crippen LogP contribution in [0.2, 0.25) is 5.02 Å². The summed E-state index contributed by atoms with van der Waals surface area (Å²) in [5, 5.41) is 9.68. The lowest BCUT2D eigenvalue weighted by Gasteiger charge is -1.95. The summed E-state index contributed by atoms with van der Waals surface area (Å²) < 4.78 is 0. The maximum absolute atomic E-state index is 9.14. The first kappa shape index (κ1) is 10.2. The van der Waals surface area contributed by atoms with E-state index >= 15 is 0 Å². The molecule has 0 radical (unpaired) electrons. The third kappa shape index (κ3) is 3.18. The average molecular weight is 215 g/mol. The van der Waals surface area contributed by atoms with Crippen LogP contribution >= 0.6 is 23.2 Å². The molecule has 0 unspecified atom stereocenters. The zero-order chi connectivity index (χ0) is 9.68. The number of phenols is 1. The molecular weight excluding hydrogens is 207 g/mol. The minimum Gasteiger partial charge on any atom is -0.508 e. The average Bonchev–Trinajstić information content (AvgIpc) is 2.11. The van der Waals surface area contributed by atoms with Crippen molar-refractivity contribution < 1.29 is 5.11 Å². The number of halogens is 2. The molecule has 0 aliphatic heterocycles. The van der Waals surface area contributed by atoms with E-state index in [9.17, 15) is 0 Å². The molecule has 1 rings (SSSR count). The Labute approximate surface area is 87.3 Å². The van der Waals surface area contributed by atoms with E-state index in [4.69, 9.17) is 28.3 Å². The number of alkyl halides is 1. The first-order valence-electron chi connectivity index (χ1n) is 3.77. The van der Waals surface area contributed by atoms with Crippen molar-refractivity contribution in [1.29, 1.82) is 0 Å². The van der Waals surface area contributed by atoms with Gasteiger partial charge in [0.15, 0.2) is 0 Å². The summed E-state index contributed by atoms with van der Waals surface area (Å²) in [5.74, 6) is 6.34. The highest BCUT2D eigenvalue weighted by Crippen LogP contribution is 2.19. The van der Waals surface area contributed by atoms with Crippen molar-refractivity contribution in [3.8, 4) is 17.6 Å². The fourth-order valence-corrected chi connectivity index (χ4v) is 1.07. The number of hydrogen-bond donors (Lipinski definition) is 1. The smallest absolute Gasteiger partial charge is 0.116 e. The molecule has 1 nitrogen and oxygen atoms in total. The Morgan fingerprint density at radius 2 is 2.15 bits per heavy atom. The Kier molecular flexibility index (Phi) is 3.95. The second-order valence-corrected chi connectivity index (χ2v) is 3.19. The second kappa shape index (κ2) is 5.01. The highest BCUT2D eigenvalue weighted by Gasteiger charge is 1.96. The zero-order valence-electron chi connectivity index (χ0n) is 6.85. The van der Waals surface area contributed by atoms with Gasteiger partial charge in [0.25, 0.3) is 0 Å². The first-order chi connectivity index (χ1) is 6.24. The Morgan fingerprint density at radius 3 is 2.85 bits per heavy atom. The van der Waals surface area contributed by atoms with E-state index < -0.39 is 0 Å². The van der Waals surface area contributed by atoms with Crippen LogP contribution in [0.5, 0.6) is 5.75 Å². The predicted octanol–water partition coefficient (Wildman–Crippen LogP) is 3.03. The maximum Gasteiger partial charge on any atom is 0.116 e. The standard InChI is InChI=1S/C10H8Cl2O/c11-6-2-1-3-8-7-9(13)4-5-10(8)12/h4-5,7,13H,2,6H2. The van der Waals surface area contributed by atoms with Crippen LogP contribution in [0.3, 0.4) is 0 Å². The molecule has 0 spiro atoms. The summed E-state index contributed by atoms with van der Waals surface area (Å²) in [5.41, 5.74) is 0.631. The molecule has 0 aromatic heterocycles. The minimum atomic E-state index is 0.166. The normalized spacial score (nSPS) is 9.08. The molecule has 3 heteroatoms. The third-order valence-electron chi connectivity index (χ3n) is 1.39. The quantitative estimate of drug-likeness (QED) is 0.563. The predicted molar refractivity (Wildman–Crippen MR) is 55.3 cm³/mol. The molecular formula is C10H8Cl2O. The van der Waals surface area contributed by atoms with Gasteiger partial charge in [-0.3, -0.25) is 0 Å². The van der Waals surface area contributed by atoms with Crippen LogP contribution in [0.4, 0.5) is 0 Å². The van der Waals surface area contributed by atoms with Gasteiger partial charge in [0.1, 0.15) is 5.75 Å². The summed E-state index contributed by atoms with van der Waals surface area (Å²) in [6.07, 6.45) is 0.619. The second-order valence-electron chi connectivity index (χ2n) is 2.40. The third-order valence-corrected chi connectivity index (χ3v) is 1.91. The SMILES string of the molecule is Oc1ccc(Cl)c(C#CCCCl)c1. The van der Waals surface area contributed by atoms with Gasteiger partial charge in [0, 0.05) is 17.9 Å². The van der Waals surface area contributed by atoms with Gasteiger partial charge in [-0.2, -0.15) is 0 Å². The topological polar surface area (TPSA) is 20.2 Å². The van der Waals surface area contributed by atoms with E-state index in [-0.39, 0.29) is 5.75 Å². The van der Waals surface area contributed by atoms with Gasteiger partial charge in [0.2, 0.25) is 0 Å². The number of hydrogen-bond acceptors (Lipinski definition) is 1. The highest BCUT2D eigenvalue weighted by atomic mass is 35.5. The van der Waals surface area contributed by atoms with Gasteiger partial charge >= 0.3 is 0 Å². The zero-order valence-corrected chi connectivity index (χ0v) is 8.36. The monoisotopic (exact) mass is 214 g/mol. The van der Waals surface area contributed by atoms with E-state index in [1.54, 1.807) is 6.07 Å². The van der Waals surface area contributed by atoms with Crippen LogP contribution in [0.1, 0.15) is 12.0 Å². The van der Waals surface area contributed by atoms with Crippen molar-refractivity contribution in [1.82, 2.24) is 0 Å². The van der Waals surface area contributed by atoms with Crippen LogP contribution in [0.15, 0.2) is 18.2 Å². The van der Waals surface area contributed by atoms with Gasteiger partial charge in [-0.15, -0.1) is 11.6 Å². The molecule has 13 heavy (non-hydrogen) atoms. The lowest BCUT2D eigenvalue weighted by atomic mass is 10.2. The highest BCUT2D eigenvalue weighted by molar-refractivity contribution is 6.31. The van der Waals surface area contributed by atoms with Crippen molar-refractivity contribution >= 4 is 23.2 Å². The van der Waals surface area contributed by atoms with Crippen LogP contribution < -0.4 is 0 Å². The Morgan fingerprint density at radius 1 is 1.38 bits per heavy atom. The van der Waals surface area contributed by atoms with Crippen molar-refractivity contribution in [2.75, 3.05) is 5.88 Å². The maximum atomic E-state index is 9.14. The van der Waals surface area contributed by atoms with Gasteiger partial charge in [-0.25, -0.2) is 0 Å². The van der Waals surface area contributed by atoms with Crippen LogP contribution in [-0.2, 0) is 0 Å². The van der Waals surface area contributed by atoms with Gasteiger partial charge in [-0.1, -0.05) is 23.4 Å². The Bertz CT molecular complexity index is 350. The summed E-state index contributed by atoms with van der Waals surface area (Å²) in [6.45, 7) is 0. The van der Waals surface area contributed by atoms with Gasteiger partial charge in [0.05, 0.1) is 5.02 Å². The van der Waals surface area contributed by atoms with Crippen molar-refractivity contribution in [3.63, 3.8) is 0 Å². The minimum absolute atomic E-state index is 0.166. The lowest BCUT2D eigenvalue weighted by molar-refractivity contribution is 0.475. The summed E-state index contributed by atoms with van der Waals surface area (Å²) >= 11 is 11.3. The van der Waals surface area contributed by atoms with E-state index in [2.05, 4.69) is 11.8 Å². The number of rotatable bonds is 1. The van der Waals surface area contributed by atoms with E-state index in [1.165, 1.54) is 12.1 Å². The fourth-order valence-electron chi connectivity index (χ4n) is 0.814. The molecule has 0 fully saturated rings. The summed E-state index contributed by atoms with van der Waals surface area (Å²) in [4.78, 5) is 0. The lowest BCUT2D eigenvalue weighted by Crippen LogP contribution is -1.77. The molecule has 0 amide bonds. The molecule has 0 saturated carbocycles. The number of benzene rings is 1. The molecule has 0 aliphatic rings. The van der Waals surface area contributed by atoms with E-state index in [0.717, 1.165) is 0 Å². The summed E-state index contributed by atoms with van der Waals surface area (Å²) in [6, 6.07) is 4.67. The molecule has 0 bridgehead atoms. The van der Waals surface area contributed by atoms with Gasteiger partial charge in [-0.05, 0) is 18.2 Å². The van der Waals surface area contributed by atoms with Crippen molar-refractivity contribution in [2.24, 2.45) is 0 Å².